The van der Waals surface area contributed by atoms with Crippen LogP contribution < -0.4 is 5.32 Å². The molecule has 1 atom stereocenters. The fourth-order valence-electron chi connectivity index (χ4n) is 3.45. The molecule has 1 fully saturated rings. The summed E-state index contributed by atoms with van der Waals surface area (Å²) >= 11 is 0. The van der Waals surface area contributed by atoms with Gasteiger partial charge in [0.15, 0.2) is 0 Å². The molecule has 2 aromatic carbocycles. The fourth-order valence-corrected chi connectivity index (χ4v) is 3.45. The van der Waals surface area contributed by atoms with Gasteiger partial charge in [-0.25, -0.2) is 4.68 Å². The van der Waals surface area contributed by atoms with E-state index in [1.165, 1.54) is 5.56 Å². The first-order valence-electron chi connectivity index (χ1n) is 8.96. The van der Waals surface area contributed by atoms with Crippen LogP contribution in [0.5, 0.6) is 0 Å². The normalized spacial score (nSPS) is 17.3. The Bertz CT molecular complexity index is 860. The topological polar surface area (TPSA) is 50.2 Å². The number of hydrogen-bond acceptors (Lipinski definition) is 3. The Morgan fingerprint density at radius 3 is 2.54 bits per heavy atom. The second-order valence-corrected chi connectivity index (χ2v) is 6.64. The smallest absolute Gasteiger partial charge is 0.270 e. The molecule has 1 unspecified atom stereocenters. The number of benzene rings is 2. The zero-order chi connectivity index (χ0) is 17.8. The van der Waals surface area contributed by atoms with E-state index in [1.54, 1.807) is 16.9 Å². The third kappa shape index (κ3) is 3.68. The molecule has 5 nitrogen and oxygen atoms in total. The maximum Gasteiger partial charge on any atom is 0.270 e. The standard InChI is InChI=1S/C21H22N4O/c26-21(20-11-13-22-25(20)19-9-5-2-6-10-19)23-18-12-14-24(16-18)15-17-7-3-1-4-8-17/h1-11,13,18H,12,14-16H2,(H,23,26). The summed E-state index contributed by atoms with van der Waals surface area (Å²) in [5.74, 6) is -0.0714. The Morgan fingerprint density at radius 2 is 1.77 bits per heavy atom. The van der Waals surface area contributed by atoms with Gasteiger partial charge in [-0.15, -0.1) is 0 Å². The molecular weight excluding hydrogens is 324 g/mol. The van der Waals surface area contributed by atoms with Gasteiger partial charge in [0.05, 0.1) is 11.9 Å². The van der Waals surface area contributed by atoms with Crippen LogP contribution in [-0.4, -0.2) is 39.7 Å². The van der Waals surface area contributed by atoms with E-state index < -0.39 is 0 Å². The largest absolute Gasteiger partial charge is 0.347 e. The van der Waals surface area contributed by atoms with Crippen molar-refractivity contribution < 1.29 is 4.79 Å². The van der Waals surface area contributed by atoms with Crippen LogP contribution >= 0.6 is 0 Å². The van der Waals surface area contributed by atoms with Gasteiger partial charge in [0, 0.05) is 25.7 Å². The van der Waals surface area contributed by atoms with Crippen LogP contribution in [0.25, 0.3) is 5.69 Å². The van der Waals surface area contributed by atoms with E-state index in [1.807, 2.05) is 36.4 Å². The van der Waals surface area contributed by atoms with Gasteiger partial charge in [-0.05, 0) is 30.2 Å². The van der Waals surface area contributed by atoms with Crippen LogP contribution in [0, 0.1) is 0 Å². The first-order chi connectivity index (χ1) is 12.8. The predicted octanol–water partition coefficient (Wildman–Crippen LogP) is 2.88. The summed E-state index contributed by atoms with van der Waals surface area (Å²) < 4.78 is 1.69. The van der Waals surface area contributed by atoms with Crippen molar-refractivity contribution in [1.29, 1.82) is 0 Å². The highest BCUT2D eigenvalue weighted by atomic mass is 16.2. The number of rotatable bonds is 5. The van der Waals surface area contributed by atoms with Gasteiger partial charge in [0.1, 0.15) is 5.69 Å². The monoisotopic (exact) mass is 346 g/mol. The average molecular weight is 346 g/mol. The number of amides is 1. The molecule has 26 heavy (non-hydrogen) atoms. The van der Waals surface area contributed by atoms with Crippen LogP contribution in [0.1, 0.15) is 22.5 Å². The average Bonchev–Trinajstić information content (AvgIpc) is 3.33. The van der Waals surface area contributed by atoms with Gasteiger partial charge >= 0.3 is 0 Å². The van der Waals surface area contributed by atoms with Crippen LogP contribution in [0.15, 0.2) is 72.9 Å². The molecule has 1 saturated heterocycles. The number of carbonyl (C=O) groups is 1. The lowest BCUT2D eigenvalue weighted by molar-refractivity contribution is 0.0929. The Morgan fingerprint density at radius 1 is 1.04 bits per heavy atom. The lowest BCUT2D eigenvalue weighted by Crippen LogP contribution is -2.37. The second-order valence-electron chi connectivity index (χ2n) is 6.64. The zero-order valence-corrected chi connectivity index (χ0v) is 14.6. The number of carbonyl (C=O) groups excluding carboxylic acids is 1. The van der Waals surface area contributed by atoms with E-state index in [-0.39, 0.29) is 11.9 Å². The Labute approximate surface area is 153 Å². The van der Waals surface area contributed by atoms with E-state index in [4.69, 9.17) is 0 Å². The summed E-state index contributed by atoms with van der Waals surface area (Å²) in [4.78, 5) is 15.1. The number of aromatic nitrogens is 2. The molecule has 1 amide bonds. The Hall–Kier alpha value is -2.92. The first-order valence-corrected chi connectivity index (χ1v) is 8.96. The highest BCUT2D eigenvalue weighted by molar-refractivity contribution is 5.93. The lowest BCUT2D eigenvalue weighted by atomic mass is 10.2. The number of para-hydroxylation sites is 1. The van der Waals surface area contributed by atoms with Crippen molar-refractivity contribution in [1.82, 2.24) is 20.0 Å². The van der Waals surface area contributed by atoms with Crippen molar-refractivity contribution in [2.45, 2.75) is 19.0 Å². The molecule has 0 bridgehead atoms. The van der Waals surface area contributed by atoms with E-state index in [9.17, 15) is 4.79 Å². The molecule has 3 aromatic rings. The van der Waals surface area contributed by atoms with Crippen molar-refractivity contribution in [3.05, 3.63) is 84.2 Å². The van der Waals surface area contributed by atoms with Crippen molar-refractivity contribution in [3.63, 3.8) is 0 Å². The van der Waals surface area contributed by atoms with Gasteiger partial charge < -0.3 is 5.32 Å². The van der Waals surface area contributed by atoms with Gasteiger partial charge in [-0.3, -0.25) is 9.69 Å². The summed E-state index contributed by atoms with van der Waals surface area (Å²) in [6.07, 6.45) is 2.64. The fraction of sp³-hybridized carbons (Fsp3) is 0.238. The van der Waals surface area contributed by atoms with Crippen LogP contribution in [0.3, 0.4) is 0 Å². The third-order valence-electron chi connectivity index (χ3n) is 4.73. The van der Waals surface area contributed by atoms with Crippen LogP contribution in [-0.2, 0) is 6.54 Å². The van der Waals surface area contributed by atoms with Crippen LogP contribution in [0.4, 0.5) is 0 Å². The van der Waals surface area contributed by atoms with Crippen molar-refractivity contribution in [3.8, 4) is 5.69 Å². The van der Waals surface area contributed by atoms with Crippen molar-refractivity contribution in [2.75, 3.05) is 13.1 Å². The number of likely N-dealkylation sites (tertiary alicyclic amines) is 1. The molecule has 2 heterocycles. The van der Waals surface area contributed by atoms with E-state index >= 15 is 0 Å². The predicted molar refractivity (Wildman–Crippen MR) is 101 cm³/mol. The molecule has 0 radical (unpaired) electrons. The molecule has 1 aliphatic heterocycles. The zero-order valence-electron chi connectivity index (χ0n) is 14.6. The Balaban J connectivity index is 1.38. The molecule has 0 aliphatic carbocycles. The van der Waals surface area contributed by atoms with Crippen molar-refractivity contribution in [2.24, 2.45) is 0 Å². The summed E-state index contributed by atoms with van der Waals surface area (Å²) in [6, 6.07) is 22.1. The van der Waals surface area contributed by atoms with Crippen LogP contribution in [0.2, 0.25) is 0 Å². The number of nitrogens with zero attached hydrogens (tertiary/aromatic N) is 3. The second kappa shape index (κ2) is 7.54. The van der Waals surface area contributed by atoms with Gasteiger partial charge in [-0.1, -0.05) is 48.5 Å². The van der Waals surface area contributed by atoms with Gasteiger partial charge in [-0.2, -0.15) is 5.10 Å². The number of nitrogens with one attached hydrogen (secondary N) is 1. The summed E-state index contributed by atoms with van der Waals surface area (Å²) in [6.45, 7) is 2.80. The number of hydrogen-bond donors (Lipinski definition) is 1. The molecule has 0 spiro atoms. The summed E-state index contributed by atoms with van der Waals surface area (Å²) in [7, 11) is 0. The molecular formula is C21H22N4O. The highest BCUT2D eigenvalue weighted by Crippen LogP contribution is 2.15. The molecule has 1 aliphatic rings. The quantitative estimate of drug-likeness (QED) is 0.773. The summed E-state index contributed by atoms with van der Waals surface area (Å²) in [5, 5.41) is 7.46. The molecule has 1 aromatic heterocycles. The molecule has 0 saturated carbocycles. The minimum atomic E-state index is -0.0714. The maximum absolute atomic E-state index is 12.7. The minimum Gasteiger partial charge on any atom is -0.347 e. The summed E-state index contributed by atoms with van der Waals surface area (Å²) in [5.41, 5.74) is 2.76. The first kappa shape index (κ1) is 16.5. The molecule has 1 N–H and O–H groups in total. The molecule has 5 heteroatoms. The Kier molecular flexibility index (Phi) is 4.80. The van der Waals surface area contributed by atoms with Gasteiger partial charge in [0.2, 0.25) is 0 Å². The minimum absolute atomic E-state index is 0.0714. The van der Waals surface area contributed by atoms with E-state index in [0.717, 1.165) is 31.7 Å². The molecule has 4 rings (SSSR count). The van der Waals surface area contributed by atoms with Crippen molar-refractivity contribution >= 4 is 5.91 Å². The molecule has 132 valence electrons. The lowest BCUT2D eigenvalue weighted by Gasteiger charge is -2.17. The SMILES string of the molecule is O=C(NC1CCN(Cc2ccccc2)C1)c1ccnn1-c1ccccc1. The van der Waals surface area contributed by atoms with Gasteiger partial charge in [0.25, 0.3) is 5.91 Å². The highest BCUT2D eigenvalue weighted by Gasteiger charge is 2.25. The maximum atomic E-state index is 12.7. The third-order valence-corrected chi connectivity index (χ3v) is 4.73. The van der Waals surface area contributed by atoms with E-state index in [0.29, 0.717) is 5.69 Å². The van der Waals surface area contributed by atoms with E-state index in [2.05, 4.69) is 39.6 Å².